The van der Waals surface area contributed by atoms with E-state index >= 15 is 0 Å². The summed E-state index contributed by atoms with van der Waals surface area (Å²) in [7, 11) is 0. The van der Waals surface area contributed by atoms with Crippen LogP contribution in [0.25, 0.3) is 0 Å². The molecule has 1 aliphatic heterocycles. The molecule has 4 heteroatoms. The average Bonchev–Trinajstić information content (AvgIpc) is 2.83. The van der Waals surface area contributed by atoms with Gasteiger partial charge in [-0.2, -0.15) is 0 Å². The van der Waals surface area contributed by atoms with E-state index in [4.69, 9.17) is 5.11 Å². The van der Waals surface area contributed by atoms with Gasteiger partial charge in [0.15, 0.2) is 0 Å². The van der Waals surface area contributed by atoms with Crippen molar-refractivity contribution >= 4 is 5.97 Å². The quantitative estimate of drug-likeness (QED) is 0.736. The largest absolute Gasteiger partial charge is 0.478 e. The lowest BCUT2D eigenvalue weighted by atomic mass is 9.82. The number of aliphatic hydroxyl groups is 1. The van der Waals surface area contributed by atoms with Crippen molar-refractivity contribution in [2.75, 3.05) is 13.1 Å². The monoisotopic (exact) mass is 235 g/mol. The normalized spacial score (nSPS) is 23.3. The van der Waals surface area contributed by atoms with Gasteiger partial charge in [0.1, 0.15) is 0 Å². The second-order valence-electron chi connectivity index (χ2n) is 4.72. The van der Waals surface area contributed by atoms with Crippen LogP contribution < -0.4 is 5.32 Å². The zero-order chi connectivity index (χ0) is 12.5. The molecule has 92 valence electrons. The Labute approximate surface area is 100 Å². The predicted molar refractivity (Wildman–Crippen MR) is 63.9 cm³/mol. The van der Waals surface area contributed by atoms with Crippen LogP contribution in [0.4, 0.5) is 0 Å². The fourth-order valence-corrected chi connectivity index (χ4v) is 2.32. The van der Waals surface area contributed by atoms with Gasteiger partial charge in [-0.25, -0.2) is 4.79 Å². The van der Waals surface area contributed by atoms with Crippen molar-refractivity contribution in [3.63, 3.8) is 0 Å². The zero-order valence-electron chi connectivity index (χ0n) is 9.81. The molecule has 0 saturated carbocycles. The summed E-state index contributed by atoms with van der Waals surface area (Å²) in [5, 5.41) is 22.6. The highest BCUT2D eigenvalue weighted by Gasteiger charge is 2.35. The molecule has 0 bridgehead atoms. The molecule has 2 unspecified atom stereocenters. The number of aromatic carboxylic acids is 1. The molecule has 1 aromatic carbocycles. The lowest BCUT2D eigenvalue weighted by Crippen LogP contribution is -2.33. The first-order chi connectivity index (χ1) is 8.01. The zero-order valence-corrected chi connectivity index (χ0v) is 9.81. The summed E-state index contributed by atoms with van der Waals surface area (Å²) in [5.41, 5.74) is 0.117. The number of carboxylic acids is 1. The molecule has 3 N–H and O–H groups in total. The highest BCUT2D eigenvalue weighted by atomic mass is 16.4. The van der Waals surface area contributed by atoms with Crippen LogP contribution in [0.15, 0.2) is 24.3 Å². The van der Waals surface area contributed by atoms with E-state index < -0.39 is 11.6 Å². The molecule has 0 amide bonds. The molecule has 4 nitrogen and oxygen atoms in total. The Kier molecular flexibility index (Phi) is 3.17. The Bertz CT molecular complexity index is 405. The SMILES string of the molecule is CC(O)(c1ccc(C(=O)O)cc1)C1CCNC1. The van der Waals surface area contributed by atoms with Gasteiger partial charge in [0.25, 0.3) is 0 Å². The number of benzene rings is 1. The molecule has 1 aliphatic rings. The molecule has 0 spiro atoms. The molecule has 0 aromatic heterocycles. The van der Waals surface area contributed by atoms with E-state index in [2.05, 4.69) is 5.32 Å². The molecule has 1 saturated heterocycles. The Morgan fingerprint density at radius 1 is 1.41 bits per heavy atom. The summed E-state index contributed by atoms with van der Waals surface area (Å²) in [6.45, 7) is 3.52. The number of rotatable bonds is 3. The van der Waals surface area contributed by atoms with E-state index in [0.717, 1.165) is 25.1 Å². The molecule has 0 aliphatic carbocycles. The van der Waals surface area contributed by atoms with Crippen molar-refractivity contribution in [2.45, 2.75) is 18.9 Å². The molecular weight excluding hydrogens is 218 g/mol. The Hall–Kier alpha value is -1.39. The fraction of sp³-hybridized carbons (Fsp3) is 0.462. The van der Waals surface area contributed by atoms with Gasteiger partial charge in [0.2, 0.25) is 0 Å². The molecule has 1 fully saturated rings. The van der Waals surface area contributed by atoms with Crippen molar-refractivity contribution < 1.29 is 15.0 Å². The van der Waals surface area contributed by atoms with Crippen molar-refractivity contribution in [3.05, 3.63) is 35.4 Å². The van der Waals surface area contributed by atoms with Crippen LogP contribution in [0.5, 0.6) is 0 Å². The summed E-state index contributed by atoms with van der Waals surface area (Å²) < 4.78 is 0. The van der Waals surface area contributed by atoms with Crippen molar-refractivity contribution in [3.8, 4) is 0 Å². The Morgan fingerprint density at radius 2 is 2.06 bits per heavy atom. The second-order valence-corrected chi connectivity index (χ2v) is 4.72. The summed E-state index contributed by atoms with van der Waals surface area (Å²) in [4.78, 5) is 10.7. The van der Waals surface area contributed by atoms with E-state index in [0.29, 0.717) is 0 Å². The first-order valence-electron chi connectivity index (χ1n) is 5.78. The van der Waals surface area contributed by atoms with Crippen LogP contribution in [0, 0.1) is 5.92 Å². The number of hydrogen-bond acceptors (Lipinski definition) is 3. The van der Waals surface area contributed by atoms with Gasteiger partial charge < -0.3 is 15.5 Å². The number of carboxylic acid groups (broad SMARTS) is 1. The number of hydrogen-bond donors (Lipinski definition) is 3. The first kappa shape index (κ1) is 12.1. The summed E-state index contributed by atoms with van der Waals surface area (Å²) >= 11 is 0. The van der Waals surface area contributed by atoms with Crippen molar-refractivity contribution in [2.24, 2.45) is 5.92 Å². The molecule has 2 rings (SSSR count). The van der Waals surface area contributed by atoms with Crippen LogP contribution in [0.3, 0.4) is 0 Å². The highest BCUT2D eigenvalue weighted by Crippen LogP contribution is 2.33. The Balaban J connectivity index is 2.23. The minimum absolute atomic E-state index is 0.179. The molecule has 17 heavy (non-hydrogen) atoms. The fourth-order valence-electron chi connectivity index (χ4n) is 2.32. The maximum absolute atomic E-state index is 10.7. The van der Waals surface area contributed by atoms with Crippen LogP contribution in [-0.2, 0) is 5.60 Å². The summed E-state index contributed by atoms with van der Waals surface area (Å²) in [5.74, 6) is -0.767. The van der Waals surface area contributed by atoms with Gasteiger partial charge in [-0.15, -0.1) is 0 Å². The summed E-state index contributed by atoms with van der Waals surface area (Å²) in [6.07, 6.45) is 0.938. The smallest absolute Gasteiger partial charge is 0.335 e. The molecule has 1 aromatic rings. The third kappa shape index (κ3) is 2.33. The summed E-state index contributed by atoms with van der Waals surface area (Å²) in [6, 6.07) is 6.46. The van der Waals surface area contributed by atoms with Gasteiger partial charge in [0, 0.05) is 12.5 Å². The standard InChI is InChI=1S/C13H17NO3/c1-13(17,11-6-7-14-8-11)10-4-2-9(3-5-10)12(15)16/h2-5,11,14,17H,6-8H2,1H3,(H,15,16). The highest BCUT2D eigenvalue weighted by molar-refractivity contribution is 5.87. The average molecular weight is 235 g/mol. The lowest BCUT2D eigenvalue weighted by molar-refractivity contribution is 0.00212. The second kappa shape index (κ2) is 4.47. The van der Waals surface area contributed by atoms with Gasteiger partial charge in [-0.3, -0.25) is 0 Å². The van der Waals surface area contributed by atoms with Crippen molar-refractivity contribution in [1.29, 1.82) is 0 Å². The third-order valence-electron chi connectivity index (χ3n) is 3.57. The molecular formula is C13H17NO3. The van der Waals surface area contributed by atoms with Gasteiger partial charge in [0.05, 0.1) is 11.2 Å². The lowest BCUT2D eigenvalue weighted by Gasteiger charge is -2.30. The first-order valence-corrected chi connectivity index (χ1v) is 5.78. The van der Waals surface area contributed by atoms with Crippen LogP contribution in [-0.4, -0.2) is 29.3 Å². The van der Waals surface area contributed by atoms with E-state index in [1.54, 1.807) is 19.1 Å². The van der Waals surface area contributed by atoms with E-state index in [1.807, 2.05) is 0 Å². The number of nitrogens with one attached hydrogen (secondary N) is 1. The van der Waals surface area contributed by atoms with Crippen LogP contribution in [0.2, 0.25) is 0 Å². The van der Waals surface area contributed by atoms with Crippen LogP contribution in [0.1, 0.15) is 29.3 Å². The van der Waals surface area contributed by atoms with Crippen molar-refractivity contribution in [1.82, 2.24) is 5.32 Å². The predicted octanol–water partition coefficient (Wildman–Crippen LogP) is 1.20. The van der Waals surface area contributed by atoms with E-state index in [1.165, 1.54) is 12.1 Å². The van der Waals surface area contributed by atoms with Gasteiger partial charge >= 0.3 is 5.97 Å². The van der Waals surface area contributed by atoms with Gasteiger partial charge in [-0.1, -0.05) is 12.1 Å². The molecule has 0 radical (unpaired) electrons. The van der Waals surface area contributed by atoms with E-state index in [9.17, 15) is 9.90 Å². The maximum Gasteiger partial charge on any atom is 0.335 e. The van der Waals surface area contributed by atoms with Gasteiger partial charge in [-0.05, 0) is 37.6 Å². The number of carbonyl (C=O) groups is 1. The minimum Gasteiger partial charge on any atom is -0.478 e. The topological polar surface area (TPSA) is 69.6 Å². The van der Waals surface area contributed by atoms with E-state index in [-0.39, 0.29) is 11.5 Å². The Morgan fingerprint density at radius 3 is 2.53 bits per heavy atom. The minimum atomic E-state index is -0.946. The molecule has 1 heterocycles. The van der Waals surface area contributed by atoms with Crippen LogP contribution >= 0.6 is 0 Å². The maximum atomic E-state index is 10.7. The third-order valence-corrected chi connectivity index (χ3v) is 3.57. The molecule has 2 atom stereocenters.